The van der Waals surface area contributed by atoms with E-state index in [0.717, 1.165) is 43.1 Å². The van der Waals surface area contributed by atoms with E-state index < -0.39 is 0 Å². The van der Waals surface area contributed by atoms with Gasteiger partial charge < -0.3 is 0 Å². The summed E-state index contributed by atoms with van der Waals surface area (Å²) in [5.74, 6) is 3.41. The van der Waals surface area contributed by atoms with Gasteiger partial charge in [-0.2, -0.15) is 9.78 Å². The summed E-state index contributed by atoms with van der Waals surface area (Å²) in [5.41, 5.74) is 1.21. The second-order valence-corrected chi connectivity index (χ2v) is 6.25. The quantitative estimate of drug-likeness (QED) is 0.670. The number of hydrogen-bond acceptors (Lipinski definition) is 4. The van der Waals surface area contributed by atoms with E-state index in [1.807, 2.05) is 34.7 Å². The number of pyridine rings is 1. The van der Waals surface area contributed by atoms with Gasteiger partial charge in [0, 0.05) is 38.3 Å². The number of hydrogen-bond donors (Lipinski definition) is 0. The van der Waals surface area contributed by atoms with E-state index in [1.54, 1.807) is 12.4 Å². The topological polar surface area (TPSA) is 61.4 Å². The molecule has 126 valence electrons. The average molecular weight is 324 g/mol. The first kappa shape index (κ1) is 16.4. The summed E-state index contributed by atoms with van der Waals surface area (Å²) in [6, 6.07) is 6.03. The van der Waals surface area contributed by atoms with Crippen LogP contribution in [0.15, 0.2) is 36.8 Å². The van der Waals surface area contributed by atoms with Gasteiger partial charge in [-0.3, -0.25) is 9.67 Å². The van der Waals surface area contributed by atoms with E-state index >= 15 is 0 Å². The molecule has 1 atom stereocenters. The Hall–Kier alpha value is -2.50. The fourth-order valence-corrected chi connectivity index (χ4v) is 2.66. The molecule has 0 fully saturated rings. The van der Waals surface area contributed by atoms with Gasteiger partial charge in [-0.05, 0) is 24.0 Å². The van der Waals surface area contributed by atoms with Gasteiger partial charge >= 0.3 is 0 Å². The Labute approximate surface area is 142 Å². The molecule has 0 amide bonds. The van der Waals surface area contributed by atoms with Gasteiger partial charge in [-0.1, -0.05) is 26.3 Å². The Morgan fingerprint density at radius 2 is 2.04 bits per heavy atom. The van der Waals surface area contributed by atoms with Gasteiger partial charge in [-0.25, -0.2) is 4.98 Å². The van der Waals surface area contributed by atoms with Crippen molar-refractivity contribution in [1.82, 2.24) is 29.5 Å². The first-order valence-corrected chi connectivity index (χ1v) is 8.49. The molecule has 0 aromatic carbocycles. The van der Waals surface area contributed by atoms with Crippen LogP contribution in [-0.4, -0.2) is 29.5 Å². The minimum absolute atomic E-state index is 0.582. The number of aryl methyl sites for hydroxylation is 3. The van der Waals surface area contributed by atoms with Crippen molar-refractivity contribution in [1.29, 1.82) is 0 Å². The van der Waals surface area contributed by atoms with Crippen LogP contribution in [-0.2, 0) is 26.3 Å². The third-order valence-corrected chi connectivity index (χ3v) is 4.32. The fraction of sp³-hybridized carbons (Fsp3) is 0.444. The molecule has 24 heavy (non-hydrogen) atoms. The molecule has 3 heterocycles. The zero-order valence-electron chi connectivity index (χ0n) is 14.6. The van der Waals surface area contributed by atoms with E-state index in [9.17, 15) is 0 Å². The molecule has 6 heteroatoms. The highest BCUT2D eigenvalue weighted by molar-refractivity contribution is 5.22. The Kier molecular flexibility index (Phi) is 5.03. The lowest BCUT2D eigenvalue weighted by molar-refractivity contribution is 0.541. The highest BCUT2D eigenvalue weighted by Gasteiger charge is 2.15. The van der Waals surface area contributed by atoms with Crippen LogP contribution in [0.4, 0.5) is 0 Å². The highest BCUT2D eigenvalue weighted by atomic mass is 15.4. The third kappa shape index (κ3) is 3.69. The van der Waals surface area contributed by atoms with Gasteiger partial charge in [0.15, 0.2) is 11.6 Å². The molecular weight excluding hydrogens is 300 g/mol. The van der Waals surface area contributed by atoms with Crippen LogP contribution in [0.5, 0.6) is 0 Å². The predicted octanol–water partition coefficient (Wildman–Crippen LogP) is 2.77. The zero-order valence-corrected chi connectivity index (χ0v) is 14.6. The molecule has 0 aliphatic heterocycles. The second-order valence-electron chi connectivity index (χ2n) is 6.25. The molecule has 0 bridgehead atoms. The normalized spacial score (nSPS) is 12.5. The Bertz CT molecular complexity index is 774. The molecule has 1 unspecified atom stereocenters. The average Bonchev–Trinajstić information content (AvgIpc) is 3.19. The van der Waals surface area contributed by atoms with Crippen LogP contribution in [0.25, 0.3) is 5.82 Å². The highest BCUT2D eigenvalue weighted by Crippen LogP contribution is 2.14. The molecule has 0 aliphatic carbocycles. The monoisotopic (exact) mass is 324 g/mol. The number of nitrogens with zero attached hydrogens (tertiary/aromatic N) is 6. The van der Waals surface area contributed by atoms with Crippen LogP contribution < -0.4 is 0 Å². The van der Waals surface area contributed by atoms with Gasteiger partial charge in [0.1, 0.15) is 5.82 Å². The maximum absolute atomic E-state index is 4.80. The Morgan fingerprint density at radius 1 is 1.17 bits per heavy atom. The Morgan fingerprint density at radius 3 is 2.71 bits per heavy atom. The van der Waals surface area contributed by atoms with Crippen LogP contribution in [0.3, 0.4) is 0 Å². The molecule has 6 nitrogen and oxygen atoms in total. The summed E-state index contributed by atoms with van der Waals surface area (Å²) in [5, 5.41) is 9.00. The Balaban J connectivity index is 1.86. The molecule has 3 aromatic rings. The third-order valence-electron chi connectivity index (χ3n) is 4.32. The lowest BCUT2D eigenvalue weighted by Crippen LogP contribution is -2.09. The molecule has 0 radical (unpaired) electrons. The summed E-state index contributed by atoms with van der Waals surface area (Å²) in [6.45, 7) is 4.44. The smallest absolute Gasteiger partial charge is 0.153 e. The first-order chi connectivity index (χ1) is 11.7. The van der Waals surface area contributed by atoms with Crippen LogP contribution in [0.2, 0.25) is 0 Å². The minimum Gasteiger partial charge on any atom is -0.264 e. The fourth-order valence-electron chi connectivity index (χ4n) is 2.66. The second kappa shape index (κ2) is 7.38. The summed E-state index contributed by atoms with van der Waals surface area (Å²) < 4.78 is 3.76. The van der Waals surface area contributed by atoms with E-state index in [0.29, 0.717) is 5.92 Å². The van der Waals surface area contributed by atoms with Crippen molar-refractivity contribution >= 4 is 0 Å². The van der Waals surface area contributed by atoms with E-state index in [2.05, 4.69) is 30.0 Å². The molecule has 0 aliphatic rings. The standard InChI is InChI=1S/C18H24N6/c1-4-14(2)12-16-21-17(8-7-15-6-5-10-19-13-15)24(22-16)18-9-11-20-23(18)3/h5-6,9-11,13-14H,4,7-8,12H2,1-3H3. The van der Waals surface area contributed by atoms with Crippen LogP contribution in [0.1, 0.15) is 37.5 Å². The van der Waals surface area contributed by atoms with Crippen molar-refractivity contribution in [3.63, 3.8) is 0 Å². The SMILES string of the molecule is CCC(C)Cc1nc(CCc2cccnc2)n(-c2ccnn2C)n1. The van der Waals surface area contributed by atoms with Crippen molar-refractivity contribution in [3.8, 4) is 5.82 Å². The van der Waals surface area contributed by atoms with Gasteiger partial charge in [0.05, 0.1) is 6.20 Å². The van der Waals surface area contributed by atoms with Gasteiger partial charge in [-0.15, -0.1) is 5.10 Å². The predicted molar refractivity (Wildman–Crippen MR) is 92.9 cm³/mol. The summed E-state index contributed by atoms with van der Waals surface area (Å²) in [6.07, 6.45) is 9.25. The molecule has 0 saturated carbocycles. The van der Waals surface area contributed by atoms with Crippen molar-refractivity contribution in [2.45, 2.75) is 39.5 Å². The van der Waals surface area contributed by atoms with Gasteiger partial charge in [0.2, 0.25) is 0 Å². The molecular formula is C18H24N6. The van der Waals surface area contributed by atoms with Crippen molar-refractivity contribution in [3.05, 3.63) is 54.0 Å². The minimum atomic E-state index is 0.582. The largest absolute Gasteiger partial charge is 0.264 e. The molecule has 3 rings (SSSR count). The lowest BCUT2D eigenvalue weighted by atomic mass is 10.1. The zero-order chi connectivity index (χ0) is 16.9. The maximum atomic E-state index is 4.80. The van der Waals surface area contributed by atoms with Gasteiger partial charge in [0.25, 0.3) is 0 Å². The van der Waals surface area contributed by atoms with Crippen LogP contribution >= 0.6 is 0 Å². The molecule has 3 aromatic heterocycles. The summed E-state index contributed by atoms with van der Waals surface area (Å²) in [4.78, 5) is 8.98. The molecule has 0 N–H and O–H groups in total. The first-order valence-electron chi connectivity index (χ1n) is 8.49. The summed E-state index contributed by atoms with van der Waals surface area (Å²) >= 11 is 0. The van der Waals surface area contributed by atoms with Crippen molar-refractivity contribution in [2.24, 2.45) is 13.0 Å². The number of rotatable bonds is 7. The van der Waals surface area contributed by atoms with E-state index in [-0.39, 0.29) is 0 Å². The lowest BCUT2D eigenvalue weighted by Gasteiger charge is -2.06. The van der Waals surface area contributed by atoms with E-state index in [4.69, 9.17) is 10.1 Å². The van der Waals surface area contributed by atoms with Crippen molar-refractivity contribution < 1.29 is 0 Å². The molecule has 0 spiro atoms. The molecule has 0 saturated heterocycles. The van der Waals surface area contributed by atoms with Crippen LogP contribution in [0, 0.1) is 5.92 Å². The number of aromatic nitrogens is 6. The summed E-state index contributed by atoms with van der Waals surface area (Å²) in [7, 11) is 1.93. The van der Waals surface area contributed by atoms with E-state index in [1.165, 1.54) is 5.56 Å². The van der Waals surface area contributed by atoms with Crippen molar-refractivity contribution in [2.75, 3.05) is 0 Å². The maximum Gasteiger partial charge on any atom is 0.153 e.